The van der Waals surface area contributed by atoms with Crippen LogP contribution in [-0.2, 0) is 22.1 Å². The van der Waals surface area contributed by atoms with Gasteiger partial charge in [0.1, 0.15) is 0 Å². The molecule has 0 unspecified atom stereocenters. The molecule has 0 radical (unpaired) electrons. The third kappa shape index (κ3) is 8.03. The molecule has 29 heavy (non-hydrogen) atoms. The van der Waals surface area contributed by atoms with Crippen molar-refractivity contribution in [1.29, 1.82) is 0 Å². The second-order valence-corrected chi connectivity index (χ2v) is 10.5. The summed E-state index contributed by atoms with van der Waals surface area (Å²) in [6.07, 6.45) is 13.1. The number of benzene rings is 1. The van der Waals surface area contributed by atoms with Crippen LogP contribution in [0.4, 0.5) is 0 Å². The number of hydrogen-bond donors (Lipinski definition) is 1. The topological polar surface area (TPSA) is 57.6 Å². The molecule has 0 saturated carbocycles. The minimum absolute atomic E-state index is 0.148. The van der Waals surface area contributed by atoms with Gasteiger partial charge in [0.15, 0.2) is 0 Å². The van der Waals surface area contributed by atoms with Gasteiger partial charge in [0, 0.05) is 18.5 Å². The Balaban J connectivity index is 2.18. The highest BCUT2D eigenvalue weighted by atomic mass is 32.2. The molecule has 1 aliphatic rings. The molecule has 1 aromatic carbocycles. The zero-order chi connectivity index (χ0) is 21.2. The highest BCUT2D eigenvalue weighted by Crippen LogP contribution is 2.42. The highest BCUT2D eigenvalue weighted by Gasteiger charge is 2.38. The molecular formula is C24H41NO3S. The molecule has 1 N–H and O–H groups in total. The molecule has 1 aromatic rings. The van der Waals surface area contributed by atoms with E-state index in [-0.39, 0.29) is 11.2 Å². The van der Waals surface area contributed by atoms with Crippen LogP contribution >= 0.6 is 0 Å². The van der Waals surface area contributed by atoms with Crippen LogP contribution in [0.5, 0.6) is 0 Å². The maximum absolute atomic E-state index is 11.1. The van der Waals surface area contributed by atoms with Crippen molar-refractivity contribution in [1.82, 2.24) is 4.90 Å². The van der Waals surface area contributed by atoms with Crippen molar-refractivity contribution in [3.05, 3.63) is 35.4 Å². The van der Waals surface area contributed by atoms with Gasteiger partial charge in [-0.05, 0) is 36.9 Å². The molecular weight excluding hydrogens is 382 g/mol. The smallest absolute Gasteiger partial charge is 0.264 e. The van der Waals surface area contributed by atoms with E-state index in [1.807, 2.05) is 0 Å². The zero-order valence-electron chi connectivity index (χ0n) is 18.5. The Morgan fingerprint density at radius 1 is 0.931 bits per heavy atom. The first-order valence-corrected chi connectivity index (χ1v) is 13.3. The number of rotatable bonds is 14. The first-order valence-electron chi connectivity index (χ1n) is 11.7. The van der Waals surface area contributed by atoms with Gasteiger partial charge in [0.25, 0.3) is 10.1 Å². The fourth-order valence-corrected chi connectivity index (χ4v) is 5.44. The molecule has 0 spiro atoms. The summed E-state index contributed by atoms with van der Waals surface area (Å²) in [5.74, 6) is -0.148. The Bertz CT molecular complexity index is 690. The fraction of sp³-hybridized carbons (Fsp3) is 0.750. The molecule has 0 fully saturated rings. The van der Waals surface area contributed by atoms with E-state index in [9.17, 15) is 8.42 Å². The van der Waals surface area contributed by atoms with E-state index in [0.717, 1.165) is 19.6 Å². The van der Waals surface area contributed by atoms with Crippen LogP contribution in [0.2, 0.25) is 0 Å². The molecule has 0 atom stereocenters. The maximum Gasteiger partial charge on any atom is 0.264 e. The van der Waals surface area contributed by atoms with Crippen molar-refractivity contribution in [3.63, 3.8) is 0 Å². The van der Waals surface area contributed by atoms with Crippen molar-refractivity contribution < 1.29 is 13.0 Å². The maximum atomic E-state index is 11.1. The summed E-state index contributed by atoms with van der Waals surface area (Å²) in [6, 6.07) is 8.89. The van der Waals surface area contributed by atoms with E-state index < -0.39 is 10.1 Å². The molecule has 4 nitrogen and oxygen atoms in total. The van der Waals surface area contributed by atoms with E-state index >= 15 is 0 Å². The summed E-state index contributed by atoms with van der Waals surface area (Å²) < 4.78 is 31.4. The molecule has 2 rings (SSSR count). The first-order chi connectivity index (χ1) is 13.9. The summed E-state index contributed by atoms with van der Waals surface area (Å²) in [5.41, 5.74) is 3.10. The predicted octanol–water partition coefficient (Wildman–Crippen LogP) is 5.96. The minimum atomic E-state index is -3.88. The normalized spacial score (nSPS) is 16.7. The van der Waals surface area contributed by atoms with Gasteiger partial charge < -0.3 is 0 Å². The molecule has 0 aromatic heterocycles. The number of unbranched alkanes of at least 4 members (excludes halogenated alkanes) is 6. The quantitative estimate of drug-likeness (QED) is 0.296. The molecule has 1 aliphatic heterocycles. The second kappa shape index (κ2) is 12.1. The monoisotopic (exact) mass is 423 g/mol. The van der Waals surface area contributed by atoms with E-state index in [0.29, 0.717) is 6.42 Å². The van der Waals surface area contributed by atoms with Gasteiger partial charge in [-0.25, -0.2) is 0 Å². The van der Waals surface area contributed by atoms with Gasteiger partial charge in [-0.1, -0.05) is 89.5 Å². The lowest BCUT2D eigenvalue weighted by Crippen LogP contribution is -2.46. The van der Waals surface area contributed by atoms with Crippen LogP contribution < -0.4 is 0 Å². The predicted molar refractivity (Wildman–Crippen MR) is 122 cm³/mol. The van der Waals surface area contributed by atoms with Crippen LogP contribution in [0.25, 0.3) is 0 Å². The van der Waals surface area contributed by atoms with Crippen LogP contribution in [-0.4, -0.2) is 36.7 Å². The van der Waals surface area contributed by atoms with Gasteiger partial charge in [-0.2, -0.15) is 8.42 Å². The van der Waals surface area contributed by atoms with Gasteiger partial charge in [-0.3, -0.25) is 9.45 Å². The van der Waals surface area contributed by atoms with Crippen molar-refractivity contribution in [2.75, 3.05) is 18.8 Å². The Hall–Kier alpha value is -0.910. The van der Waals surface area contributed by atoms with E-state index in [1.165, 1.54) is 75.3 Å². The Kier molecular flexibility index (Phi) is 10.1. The highest BCUT2D eigenvalue weighted by molar-refractivity contribution is 7.85. The molecule has 5 heteroatoms. The van der Waals surface area contributed by atoms with Crippen LogP contribution in [0, 0.1) is 0 Å². The lowest BCUT2D eigenvalue weighted by Gasteiger charge is -2.45. The summed E-state index contributed by atoms with van der Waals surface area (Å²) in [6.45, 7) is 7.13. The molecule has 0 bridgehead atoms. The van der Waals surface area contributed by atoms with Gasteiger partial charge in [-0.15, -0.1) is 0 Å². The van der Waals surface area contributed by atoms with Crippen LogP contribution in [0.15, 0.2) is 24.3 Å². The number of hydrogen-bond acceptors (Lipinski definition) is 3. The molecule has 1 heterocycles. The third-order valence-electron chi connectivity index (χ3n) is 6.40. The summed E-state index contributed by atoms with van der Waals surface area (Å²) in [5, 5.41) is 0. The Morgan fingerprint density at radius 3 is 2.14 bits per heavy atom. The zero-order valence-corrected chi connectivity index (χ0v) is 19.4. The Labute approximate surface area is 178 Å². The third-order valence-corrected chi connectivity index (χ3v) is 7.21. The van der Waals surface area contributed by atoms with Crippen LogP contribution in [0.3, 0.4) is 0 Å². The second-order valence-electron chi connectivity index (χ2n) is 8.91. The van der Waals surface area contributed by atoms with Crippen molar-refractivity contribution >= 4 is 10.1 Å². The Morgan fingerprint density at radius 2 is 1.55 bits per heavy atom. The van der Waals surface area contributed by atoms with Gasteiger partial charge >= 0.3 is 0 Å². The molecule has 0 amide bonds. The largest absolute Gasteiger partial charge is 0.298 e. The fourth-order valence-electron chi connectivity index (χ4n) is 4.95. The molecule has 0 saturated heterocycles. The summed E-state index contributed by atoms with van der Waals surface area (Å²) >= 11 is 0. The average molecular weight is 424 g/mol. The van der Waals surface area contributed by atoms with Crippen molar-refractivity contribution in [2.24, 2.45) is 0 Å². The summed E-state index contributed by atoms with van der Waals surface area (Å²) in [4.78, 5) is 2.42. The van der Waals surface area contributed by atoms with Crippen molar-refractivity contribution in [2.45, 2.75) is 96.4 Å². The SMILES string of the molecule is CCCCCCC1(CCCCCC)CN(CCCS(=O)(=O)O)Cc2ccccc21. The first kappa shape index (κ1) is 24.4. The van der Waals surface area contributed by atoms with Gasteiger partial charge in [0.2, 0.25) is 0 Å². The van der Waals surface area contributed by atoms with E-state index in [4.69, 9.17) is 4.55 Å². The van der Waals surface area contributed by atoms with E-state index in [2.05, 4.69) is 43.0 Å². The number of fused-ring (bicyclic) bond motifs is 1. The van der Waals surface area contributed by atoms with Crippen LogP contribution in [0.1, 0.15) is 95.6 Å². The van der Waals surface area contributed by atoms with E-state index in [1.54, 1.807) is 0 Å². The lowest BCUT2D eigenvalue weighted by molar-refractivity contribution is 0.154. The van der Waals surface area contributed by atoms with Crippen molar-refractivity contribution in [3.8, 4) is 0 Å². The standard InChI is InChI=1S/C24H41NO3S/c1-3-5-7-11-16-24(17-12-8-6-4-2)21-25(18-13-19-29(26,27)28)20-22-14-9-10-15-23(22)24/h9-10,14-15H,3-8,11-13,16-21H2,1-2H3,(H,26,27,28). The summed E-state index contributed by atoms with van der Waals surface area (Å²) in [7, 11) is -3.88. The molecule has 0 aliphatic carbocycles. The van der Waals surface area contributed by atoms with Gasteiger partial charge in [0.05, 0.1) is 5.75 Å². The molecule has 166 valence electrons. The number of nitrogens with zero attached hydrogens (tertiary/aromatic N) is 1. The lowest BCUT2D eigenvalue weighted by atomic mass is 9.68. The minimum Gasteiger partial charge on any atom is -0.298 e. The average Bonchev–Trinajstić information content (AvgIpc) is 2.68.